The van der Waals surface area contributed by atoms with Gasteiger partial charge in [-0.25, -0.2) is 9.59 Å². The number of ketones is 1. The van der Waals surface area contributed by atoms with Gasteiger partial charge in [0.1, 0.15) is 16.3 Å². The SMILES string of the molecule is CCC1CCc2sc(C(=O)OCC(=O)c3c(N)n(Cc4ccccc4)c(=O)n(C)c3=O)cc2C1. The van der Waals surface area contributed by atoms with Crippen LogP contribution in [-0.4, -0.2) is 27.5 Å². The molecule has 8 nitrogen and oxygen atoms in total. The molecule has 2 aromatic heterocycles. The number of nitrogens with zero attached hydrogens (tertiary/aromatic N) is 2. The molecule has 34 heavy (non-hydrogen) atoms. The zero-order chi connectivity index (χ0) is 24.4. The molecule has 0 amide bonds. The molecular weight excluding hydrogens is 454 g/mol. The second-order valence-corrected chi connectivity index (χ2v) is 9.69. The number of esters is 1. The second kappa shape index (κ2) is 9.80. The lowest BCUT2D eigenvalue weighted by atomic mass is 9.87. The molecule has 4 rings (SSSR count). The molecule has 0 radical (unpaired) electrons. The predicted molar refractivity (Wildman–Crippen MR) is 131 cm³/mol. The highest BCUT2D eigenvalue weighted by atomic mass is 32.1. The summed E-state index contributed by atoms with van der Waals surface area (Å²) in [5.74, 6) is -0.970. The van der Waals surface area contributed by atoms with Crippen molar-refractivity contribution in [2.24, 2.45) is 13.0 Å². The summed E-state index contributed by atoms with van der Waals surface area (Å²) in [4.78, 5) is 52.4. The Morgan fingerprint density at radius 3 is 2.65 bits per heavy atom. The van der Waals surface area contributed by atoms with Crippen LogP contribution >= 0.6 is 11.3 Å². The minimum atomic E-state index is -0.815. The number of carbonyl (C=O) groups excluding carboxylic acids is 2. The highest BCUT2D eigenvalue weighted by Crippen LogP contribution is 2.33. The molecule has 178 valence electrons. The van der Waals surface area contributed by atoms with E-state index in [1.807, 2.05) is 36.4 Å². The van der Waals surface area contributed by atoms with Gasteiger partial charge in [0.05, 0.1) is 6.54 Å². The van der Waals surface area contributed by atoms with Gasteiger partial charge in [0, 0.05) is 11.9 Å². The first-order chi connectivity index (χ1) is 16.3. The summed E-state index contributed by atoms with van der Waals surface area (Å²) in [5, 5.41) is 0. The van der Waals surface area contributed by atoms with Gasteiger partial charge < -0.3 is 10.5 Å². The number of thiophene rings is 1. The monoisotopic (exact) mass is 481 g/mol. The first-order valence-electron chi connectivity index (χ1n) is 11.2. The standard InChI is InChI=1S/C25H27N3O5S/c1-3-15-9-10-19-17(11-15)12-20(34-19)24(31)33-14-18(29)21-22(26)28(25(32)27(2)23(21)30)13-16-7-5-4-6-8-16/h4-8,12,15H,3,9-11,13-14,26H2,1-2H3. The van der Waals surface area contributed by atoms with Crippen molar-refractivity contribution in [3.05, 3.63) is 83.7 Å². The van der Waals surface area contributed by atoms with Crippen molar-refractivity contribution in [2.45, 2.75) is 39.2 Å². The molecule has 1 aliphatic rings. The predicted octanol–water partition coefficient (Wildman–Crippen LogP) is 2.79. The average molecular weight is 482 g/mol. The number of benzene rings is 1. The molecule has 0 bridgehead atoms. The van der Waals surface area contributed by atoms with E-state index in [2.05, 4.69) is 6.92 Å². The molecule has 3 aromatic rings. The summed E-state index contributed by atoms with van der Waals surface area (Å²) in [6.07, 6.45) is 4.11. The van der Waals surface area contributed by atoms with Gasteiger partial charge in [0.2, 0.25) is 5.78 Å². The van der Waals surface area contributed by atoms with Gasteiger partial charge in [0.15, 0.2) is 6.61 Å². The molecule has 1 atom stereocenters. The summed E-state index contributed by atoms with van der Waals surface area (Å²) in [6, 6.07) is 10.9. The minimum absolute atomic E-state index is 0.0964. The van der Waals surface area contributed by atoms with Crippen molar-refractivity contribution in [3.8, 4) is 0 Å². The first-order valence-corrected chi connectivity index (χ1v) is 12.1. The highest BCUT2D eigenvalue weighted by Gasteiger charge is 2.25. The molecule has 1 aromatic carbocycles. The summed E-state index contributed by atoms with van der Waals surface area (Å²) in [5.41, 5.74) is 6.26. The van der Waals surface area contributed by atoms with Gasteiger partial charge in [-0.1, -0.05) is 43.7 Å². The number of anilines is 1. The number of rotatable bonds is 7. The van der Waals surface area contributed by atoms with E-state index < -0.39 is 29.6 Å². The number of aromatic nitrogens is 2. The lowest BCUT2D eigenvalue weighted by molar-refractivity contribution is 0.0479. The second-order valence-electron chi connectivity index (χ2n) is 8.55. The summed E-state index contributed by atoms with van der Waals surface area (Å²) in [7, 11) is 1.29. The number of fused-ring (bicyclic) bond motifs is 1. The normalized spacial score (nSPS) is 15.1. The van der Waals surface area contributed by atoms with Crippen LogP contribution in [0.25, 0.3) is 0 Å². The molecule has 2 heterocycles. The van der Waals surface area contributed by atoms with Crippen LogP contribution in [0.1, 0.15) is 55.8 Å². The first kappa shape index (κ1) is 23.7. The van der Waals surface area contributed by atoms with Crippen LogP contribution in [-0.2, 0) is 31.2 Å². The van der Waals surface area contributed by atoms with Crippen LogP contribution in [0.2, 0.25) is 0 Å². The van der Waals surface area contributed by atoms with Crippen LogP contribution < -0.4 is 17.0 Å². The topological polar surface area (TPSA) is 113 Å². The molecule has 1 unspecified atom stereocenters. The third-order valence-electron chi connectivity index (χ3n) is 6.34. The number of hydrogen-bond acceptors (Lipinski definition) is 7. The molecular formula is C25H27N3O5S. The highest BCUT2D eigenvalue weighted by molar-refractivity contribution is 7.14. The van der Waals surface area contributed by atoms with Crippen molar-refractivity contribution >= 4 is 28.9 Å². The number of aryl methyl sites for hydroxylation is 1. The van der Waals surface area contributed by atoms with Crippen molar-refractivity contribution < 1.29 is 14.3 Å². The minimum Gasteiger partial charge on any atom is -0.453 e. The van der Waals surface area contributed by atoms with Crippen molar-refractivity contribution in [1.82, 2.24) is 9.13 Å². The fourth-order valence-corrected chi connectivity index (χ4v) is 5.39. The molecule has 9 heteroatoms. The molecule has 1 aliphatic carbocycles. The maximum absolute atomic E-state index is 12.9. The fourth-order valence-electron chi connectivity index (χ4n) is 4.29. The van der Waals surface area contributed by atoms with Crippen LogP contribution in [0.3, 0.4) is 0 Å². The number of carbonyl (C=O) groups is 2. The Kier molecular flexibility index (Phi) is 6.83. The van der Waals surface area contributed by atoms with E-state index in [9.17, 15) is 19.2 Å². The Bertz CT molecular complexity index is 1350. The van der Waals surface area contributed by atoms with Crippen molar-refractivity contribution in [3.63, 3.8) is 0 Å². The molecule has 0 spiro atoms. The van der Waals surface area contributed by atoms with Crippen LogP contribution in [0.4, 0.5) is 5.82 Å². The van der Waals surface area contributed by atoms with Crippen molar-refractivity contribution in [1.29, 1.82) is 0 Å². The maximum atomic E-state index is 12.9. The van der Waals surface area contributed by atoms with Crippen molar-refractivity contribution in [2.75, 3.05) is 12.3 Å². The Hall–Kier alpha value is -3.46. The lowest BCUT2D eigenvalue weighted by Gasteiger charge is -2.19. The summed E-state index contributed by atoms with van der Waals surface area (Å²) >= 11 is 1.40. The number of ether oxygens (including phenoxy) is 1. The van der Waals surface area contributed by atoms with Gasteiger partial charge in [-0.2, -0.15) is 0 Å². The average Bonchev–Trinajstić information content (AvgIpc) is 3.28. The van der Waals surface area contributed by atoms with Gasteiger partial charge in [-0.05, 0) is 42.4 Å². The molecule has 0 aliphatic heterocycles. The lowest BCUT2D eigenvalue weighted by Crippen LogP contribution is -2.43. The molecule has 0 saturated carbocycles. The van der Waals surface area contributed by atoms with Gasteiger partial charge in [0.25, 0.3) is 5.56 Å². The maximum Gasteiger partial charge on any atom is 0.348 e. The van der Waals surface area contributed by atoms with E-state index in [4.69, 9.17) is 10.5 Å². The zero-order valence-electron chi connectivity index (χ0n) is 19.2. The smallest absolute Gasteiger partial charge is 0.348 e. The number of hydrogen-bond donors (Lipinski definition) is 1. The molecule has 0 saturated heterocycles. The third kappa shape index (κ3) is 4.61. The van der Waals surface area contributed by atoms with E-state index in [1.54, 1.807) is 0 Å². The number of Topliss-reactive ketones (excluding diaryl/α,β-unsaturated/α-hetero) is 1. The Morgan fingerprint density at radius 1 is 1.21 bits per heavy atom. The Morgan fingerprint density at radius 2 is 1.94 bits per heavy atom. The zero-order valence-corrected chi connectivity index (χ0v) is 20.0. The van der Waals surface area contributed by atoms with Crippen LogP contribution in [0, 0.1) is 5.92 Å². The van der Waals surface area contributed by atoms with Gasteiger partial charge >= 0.3 is 11.7 Å². The summed E-state index contributed by atoms with van der Waals surface area (Å²) in [6.45, 7) is 1.63. The summed E-state index contributed by atoms with van der Waals surface area (Å²) < 4.78 is 7.25. The molecule has 2 N–H and O–H groups in total. The van der Waals surface area contributed by atoms with E-state index in [0.29, 0.717) is 10.8 Å². The molecule has 0 fully saturated rings. The van der Waals surface area contributed by atoms with Crippen LogP contribution in [0.15, 0.2) is 46.0 Å². The van der Waals surface area contributed by atoms with Gasteiger partial charge in [-0.3, -0.25) is 18.7 Å². The quantitative estimate of drug-likeness (QED) is 0.410. The largest absolute Gasteiger partial charge is 0.453 e. The van der Waals surface area contributed by atoms with E-state index in [1.165, 1.54) is 33.4 Å². The Balaban J connectivity index is 1.53. The fraction of sp³-hybridized carbons (Fsp3) is 0.360. The third-order valence-corrected chi connectivity index (χ3v) is 7.56. The van der Waals surface area contributed by atoms with E-state index in [0.717, 1.165) is 35.8 Å². The van der Waals surface area contributed by atoms with Crippen LogP contribution in [0.5, 0.6) is 0 Å². The van der Waals surface area contributed by atoms with E-state index >= 15 is 0 Å². The van der Waals surface area contributed by atoms with E-state index in [-0.39, 0.29) is 17.9 Å². The Labute approximate surface area is 200 Å². The number of nitrogens with two attached hydrogens (primary N) is 1. The number of nitrogen functional groups attached to an aromatic ring is 1. The van der Waals surface area contributed by atoms with Gasteiger partial charge in [-0.15, -0.1) is 11.3 Å².